The Kier molecular flexibility index (Phi) is 2.57. The monoisotopic (exact) mass is 233 g/mol. The van der Waals surface area contributed by atoms with Gasteiger partial charge in [0.2, 0.25) is 5.91 Å². The van der Waals surface area contributed by atoms with Crippen molar-refractivity contribution in [1.29, 1.82) is 0 Å². The van der Waals surface area contributed by atoms with Crippen molar-refractivity contribution in [2.75, 3.05) is 13.1 Å². The Hall–Kier alpha value is -0.790. The first kappa shape index (κ1) is 11.3. The van der Waals surface area contributed by atoms with Crippen molar-refractivity contribution in [3.05, 3.63) is 11.6 Å². The third-order valence-electron chi connectivity index (χ3n) is 4.76. The molecule has 0 aromatic heterocycles. The molecule has 2 atom stereocenters. The molecule has 1 aliphatic heterocycles. The van der Waals surface area contributed by atoms with Crippen LogP contribution in [0.2, 0.25) is 0 Å². The summed E-state index contributed by atoms with van der Waals surface area (Å²) in [7, 11) is 0. The molecule has 2 unspecified atom stereocenters. The number of rotatable bonds is 1. The highest BCUT2D eigenvalue weighted by Gasteiger charge is 2.41. The Balaban J connectivity index is 1.84. The highest BCUT2D eigenvalue weighted by atomic mass is 16.2. The molecule has 0 N–H and O–H groups in total. The first-order chi connectivity index (χ1) is 8.07. The lowest BCUT2D eigenvalue weighted by atomic mass is 9.65. The summed E-state index contributed by atoms with van der Waals surface area (Å²) in [5.74, 6) is 1.99. The predicted molar refractivity (Wildman–Crippen MR) is 68.5 cm³/mol. The summed E-state index contributed by atoms with van der Waals surface area (Å²) in [5, 5.41) is 0. The Morgan fingerprint density at radius 1 is 1.41 bits per heavy atom. The van der Waals surface area contributed by atoms with E-state index in [0.717, 1.165) is 25.4 Å². The first-order valence-corrected chi connectivity index (χ1v) is 7.07. The molecule has 4 rings (SSSR count). The lowest BCUT2D eigenvalue weighted by Gasteiger charge is -2.43. The fourth-order valence-electron chi connectivity index (χ4n) is 3.88. The van der Waals surface area contributed by atoms with Crippen LogP contribution < -0.4 is 0 Å². The molecular weight excluding hydrogens is 210 g/mol. The number of fused-ring (bicyclic) bond motifs is 4. The lowest BCUT2D eigenvalue weighted by Crippen LogP contribution is -2.49. The van der Waals surface area contributed by atoms with E-state index in [9.17, 15) is 4.79 Å². The van der Waals surface area contributed by atoms with Crippen LogP contribution in [0.3, 0.4) is 0 Å². The smallest absolute Gasteiger partial charge is 0.232 e. The predicted octanol–water partition coefficient (Wildman–Crippen LogP) is 2.99. The molecule has 1 saturated heterocycles. The molecular formula is C15H23NO. The number of hydrogen-bond acceptors (Lipinski definition) is 1. The van der Waals surface area contributed by atoms with E-state index >= 15 is 0 Å². The molecule has 0 radical (unpaired) electrons. The molecule has 94 valence electrons. The number of likely N-dealkylation sites (tertiary alicyclic amines) is 1. The summed E-state index contributed by atoms with van der Waals surface area (Å²) in [6.07, 6.45) is 8.39. The summed E-state index contributed by atoms with van der Waals surface area (Å²) in [6.45, 7) is 6.44. The van der Waals surface area contributed by atoms with Gasteiger partial charge >= 0.3 is 0 Å². The first-order valence-electron chi connectivity index (χ1n) is 7.07. The molecule has 1 amide bonds. The third kappa shape index (κ3) is 1.92. The number of hydrogen-bond donors (Lipinski definition) is 0. The van der Waals surface area contributed by atoms with Crippen LogP contribution >= 0.6 is 0 Å². The van der Waals surface area contributed by atoms with Crippen molar-refractivity contribution in [3.8, 4) is 0 Å². The second-order valence-electron chi connectivity index (χ2n) is 6.69. The van der Waals surface area contributed by atoms with Crippen LogP contribution in [0.25, 0.3) is 0 Å². The van der Waals surface area contributed by atoms with Gasteiger partial charge in [0.1, 0.15) is 0 Å². The summed E-state index contributed by atoms with van der Waals surface area (Å²) < 4.78 is 0. The van der Waals surface area contributed by atoms with E-state index in [1.807, 2.05) is 4.90 Å². The minimum Gasteiger partial charge on any atom is -0.342 e. The van der Waals surface area contributed by atoms with Gasteiger partial charge in [0, 0.05) is 13.1 Å². The normalized spacial score (nSPS) is 40.6. The topological polar surface area (TPSA) is 20.3 Å². The molecule has 0 aromatic carbocycles. The summed E-state index contributed by atoms with van der Waals surface area (Å²) >= 11 is 0. The summed E-state index contributed by atoms with van der Waals surface area (Å²) in [6, 6.07) is 0. The maximum atomic E-state index is 12.6. The molecule has 2 bridgehead atoms. The SMILES string of the molecule is CC1CC2CC(=CC(C)(C(=O)N3CCC3)C1)C2. The van der Waals surface area contributed by atoms with Gasteiger partial charge in [-0.25, -0.2) is 0 Å². The summed E-state index contributed by atoms with van der Waals surface area (Å²) in [4.78, 5) is 14.6. The molecule has 17 heavy (non-hydrogen) atoms. The van der Waals surface area contributed by atoms with Crippen LogP contribution in [-0.2, 0) is 4.79 Å². The quantitative estimate of drug-likeness (QED) is 0.638. The second-order valence-corrected chi connectivity index (χ2v) is 6.69. The van der Waals surface area contributed by atoms with Gasteiger partial charge in [-0.15, -0.1) is 0 Å². The Bertz CT molecular complexity index is 361. The number of amides is 1. The Labute approximate surface area is 104 Å². The number of carbonyl (C=O) groups excluding carboxylic acids is 1. The maximum Gasteiger partial charge on any atom is 0.232 e. The molecule has 1 saturated carbocycles. The standard InChI is InChI=1S/C15H23NO/c1-11-6-12-7-13(8-12)10-15(2,9-11)14(17)16-4-3-5-16/h10-12H,3-9H2,1-2H3. The Morgan fingerprint density at radius 2 is 2.12 bits per heavy atom. The van der Waals surface area contributed by atoms with Gasteiger partial charge in [-0.2, -0.15) is 0 Å². The van der Waals surface area contributed by atoms with Crippen molar-refractivity contribution in [1.82, 2.24) is 4.90 Å². The summed E-state index contributed by atoms with van der Waals surface area (Å²) in [5.41, 5.74) is 1.33. The molecule has 3 aliphatic carbocycles. The van der Waals surface area contributed by atoms with Crippen LogP contribution in [0.15, 0.2) is 11.6 Å². The molecule has 2 heteroatoms. The maximum absolute atomic E-state index is 12.6. The van der Waals surface area contributed by atoms with Crippen molar-refractivity contribution in [2.45, 2.75) is 46.0 Å². The highest BCUT2D eigenvalue weighted by Crippen LogP contribution is 2.46. The van der Waals surface area contributed by atoms with E-state index in [1.165, 1.54) is 25.7 Å². The van der Waals surface area contributed by atoms with E-state index in [-0.39, 0.29) is 5.41 Å². The molecule has 2 fully saturated rings. The van der Waals surface area contributed by atoms with Crippen molar-refractivity contribution < 1.29 is 4.79 Å². The fourth-order valence-corrected chi connectivity index (χ4v) is 3.88. The molecule has 0 aromatic rings. The van der Waals surface area contributed by atoms with Crippen LogP contribution in [0.5, 0.6) is 0 Å². The minimum atomic E-state index is -0.208. The van der Waals surface area contributed by atoms with E-state index in [1.54, 1.807) is 5.57 Å². The molecule has 0 spiro atoms. The molecule has 1 heterocycles. The van der Waals surface area contributed by atoms with E-state index in [2.05, 4.69) is 19.9 Å². The van der Waals surface area contributed by atoms with Crippen LogP contribution in [0.4, 0.5) is 0 Å². The average Bonchev–Trinajstić information content (AvgIpc) is 2.08. The average molecular weight is 233 g/mol. The zero-order valence-electron chi connectivity index (χ0n) is 11.0. The van der Waals surface area contributed by atoms with Crippen LogP contribution in [-0.4, -0.2) is 23.9 Å². The minimum absolute atomic E-state index is 0.208. The van der Waals surface area contributed by atoms with Gasteiger partial charge in [-0.1, -0.05) is 18.6 Å². The highest BCUT2D eigenvalue weighted by molar-refractivity contribution is 5.85. The third-order valence-corrected chi connectivity index (χ3v) is 4.76. The van der Waals surface area contributed by atoms with Crippen LogP contribution in [0, 0.1) is 17.3 Å². The van der Waals surface area contributed by atoms with Gasteiger partial charge in [0.25, 0.3) is 0 Å². The zero-order chi connectivity index (χ0) is 12.0. The van der Waals surface area contributed by atoms with Gasteiger partial charge in [-0.3, -0.25) is 4.79 Å². The van der Waals surface area contributed by atoms with Gasteiger partial charge in [0.05, 0.1) is 5.41 Å². The van der Waals surface area contributed by atoms with E-state index < -0.39 is 0 Å². The molecule has 4 aliphatic rings. The number of nitrogens with zero attached hydrogens (tertiary/aromatic N) is 1. The van der Waals surface area contributed by atoms with Gasteiger partial charge < -0.3 is 4.90 Å². The fraction of sp³-hybridized carbons (Fsp3) is 0.800. The van der Waals surface area contributed by atoms with Gasteiger partial charge in [0.15, 0.2) is 0 Å². The van der Waals surface area contributed by atoms with Crippen molar-refractivity contribution >= 4 is 5.91 Å². The number of carbonyl (C=O) groups is 1. The largest absolute Gasteiger partial charge is 0.342 e. The molecule has 2 nitrogen and oxygen atoms in total. The number of allylic oxidation sites excluding steroid dienone is 1. The zero-order valence-corrected chi connectivity index (χ0v) is 11.0. The van der Waals surface area contributed by atoms with Gasteiger partial charge in [-0.05, 0) is 50.9 Å². The second kappa shape index (κ2) is 3.86. The van der Waals surface area contributed by atoms with E-state index in [0.29, 0.717) is 11.8 Å². The van der Waals surface area contributed by atoms with Crippen molar-refractivity contribution in [2.24, 2.45) is 17.3 Å². The van der Waals surface area contributed by atoms with Crippen molar-refractivity contribution in [3.63, 3.8) is 0 Å². The lowest BCUT2D eigenvalue weighted by molar-refractivity contribution is -0.143. The van der Waals surface area contributed by atoms with Crippen LogP contribution in [0.1, 0.15) is 46.0 Å². The van der Waals surface area contributed by atoms with E-state index in [4.69, 9.17) is 0 Å². The Morgan fingerprint density at radius 3 is 2.71 bits per heavy atom.